The highest BCUT2D eigenvalue weighted by Crippen LogP contribution is 2.19. The summed E-state index contributed by atoms with van der Waals surface area (Å²) in [4.78, 5) is 35.3. The third-order valence-corrected chi connectivity index (χ3v) is 3.94. The Labute approximate surface area is 164 Å². The summed E-state index contributed by atoms with van der Waals surface area (Å²) in [5, 5.41) is 5.31. The van der Waals surface area contributed by atoms with Crippen LogP contribution < -0.4 is 15.4 Å². The van der Waals surface area contributed by atoms with Crippen LogP contribution in [0, 0.1) is 0 Å². The van der Waals surface area contributed by atoms with Crippen molar-refractivity contribution in [2.45, 2.75) is 32.8 Å². The molecule has 0 saturated heterocycles. The van der Waals surface area contributed by atoms with Crippen LogP contribution in [0.15, 0.2) is 48.5 Å². The van der Waals surface area contributed by atoms with Gasteiger partial charge in [0.05, 0.1) is 7.11 Å². The van der Waals surface area contributed by atoms with Gasteiger partial charge in [0, 0.05) is 24.7 Å². The van der Waals surface area contributed by atoms with Gasteiger partial charge in [0.2, 0.25) is 5.91 Å². The number of nitrogens with one attached hydrogen (secondary N) is 2. The summed E-state index contributed by atoms with van der Waals surface area (Å²) in [6.45, 7) is 2.93. The summed E-state index contributed by atoms with van der Waals surface area (Å²) in [5.41, 5.74) is 2.07. The number of para-hydroxylation sites is 1. The lowest BCUT2D eigenvalue weighted by Crippen LogP contribution is -2.30. The molecule has 2 aromatic rings. The molecule has 148 valence electrons. The number of aryl methyl sites for hydroxylation is 1. The van der Waals surface area contributed by atoms with E-state index in [1.807, 2.05) is 24.3 Å². The monoisotopic (exact) mass is 384 g/mol. The maximum atomic E-state index is 12.2. The molecule has 2 rings (SSSR count). The second-order valence-corrected chi connectivity index (χ2v) is 6.19. The molecular formula is C21H24N2O5. The first-order chi connectivity index (χ1) is 13.4. The van der Waals surface area contributed by atoms with Crippen LogP contribution in [0.4, 0.5) is 11.4 Å². The molecule has 0 heterocycles. The first-order valence-electron chi connectivity index (χ1n) is 8.89. The van der Waals surface area contributed by atoms with Crippen molar-refractivity contribution in [3.05, 3.63) is 54.1 Å². The van der Waals surface area contributed by atoms with E-state index in [0.717, 1.165) is 5.56 Å². The maximum Gasteiger partial charge on any atom is 0.306 e. The van der Waals surface area contributed by atoms with Crippen LogP contribution in [-0.2, 0) is 25.5 Å². The van der Waals surface area contributed by atoms with E-state index in [1.54, 1.807) is 31.4 Å². The van der Waals surface area contributed by atoms with Crippen molar-refractivity contribution in [2.75, 3.05) is 17.7 Å². The molecule has 2 aromatic carbocycles. The Hall–Kier alpha value is -3.35. The number of anilines is 2. The molecule has 7 nitrogen and oxygen atoms in total. The summed E-state index contributed by atoms with van der Waals surface area (Å²) < 4.78 is 10.5. The van der Waals surface area contributed by atoms with E-state index in [1.165, 1.54) is 13.8 Å². The first kappa shape index (κ1) is 21.0. The van der Waals surface area contributed by atoms with Gasteiger partial charge < -0.3 is 20.1 Å². The van der Waals surface area contributed by atoms with Crippen molar-refractivity contribution >= 4 is 29.2 Å². The van der Waals surface area contributed by atoms with E-state index in [9.17, 15) is 14.4 Å². The van der Waals surface area contributed by atoms with Crippen LogP contribution in [0.1, 0.15) is 25.8 Å². The lowest BCUT2D eigenvalue weighted by atomic mass is 10.1. The van der Waals surface area contributed by atoms with Crippen molar-refractivity contribution in [3.63, 3.8) is 0 Å². The minimum absolute atomic E-state index is 0.142. The number of hydrogen-bond acceptors (Lipinski definition) is 5. The van der Waals surface area contributed by atoms with E-state index >= 15 is 0 Å². The van der Waals surface area contributed by atoms with Gasteiger partial charge in [0.15, 0.2) is 6.10 Å². The molecule has 0 saturated carbocycles. The number of ether oxygens (including phenoxy) is 2. The van der Waals surface area contributed by atoms with Gasteiger partial charge in [-0.1, -0.05) is 18.2 Å². The third-order valence-electron chi connectivity index (χ3n) is 3.94. The molecule has 0 radical (unpaired) electrons. The summed E-state index contributed by atoms with van der Waals surface area (Å²) in [5.74, 6) is -0.360. The largest absolute Gasteiger partial charge is 0.496 e. The number of carbonyl (C=O) groups is 3. The van der Waals surface area contributed by atoms with E-state index in [2.05, 4.69) is 10.6 Å². The standard InChI is InChI=1S/C21H24N2O5/c1-14(21(26)23-18-11-9-17(10-12-18)22-15(2)24)28-20(25)13-8-16-6-4-5-7-19(16)27-3/h4-7,9-12,14H,8,13H2,1-3H3,(H,22,24)(H,23,26)/t14-/m1/s1. The molecule has 0 bridgehead atoms. The van der Waals surface area contributed by atoms with E-state index < -0.39 is 18.0 Å². The lowest BCUT2D eigenvalue weighted by Gasteiger charge is -2.14. The Bertz CT molecular complexity index is 833. The highest BCUT2D eigenvalue weighted by Gasteiger charge is 2.18. The fourth-order valence-electron chi connectivity index (χ4n) is 2.54. The zero-order valence-electron chi connectivity index (χ0n) is 16.2. The van der Waals surface area contributed by atoms with Gasteiger partial charge in [-0.15, -0.1) is 0 Å². The molecule has 0 aliphatic heterocycles. The van der Waals surface area contributed by atoms with Crippen molar-refractivity contribution < 1.29 is 23.9 Å². The summed E-state index contributed by atoms with van der Waals surface area (Å²) in [6, 6.07) is 14.1. The molecule has 0 unspecified atom stereocenters. The number of methoxy groups -OCH3 is 1. The molecule has 0 spiro atoms. The quantitative estimate of drug-likeness (QED) is 0.682. The predicted octanol–water partition coefficient (Wildman–Crippen LogP) is 3.16. The van der Waals surface area contributed by atoms with E-state index in [4.69, 9.17) is 9.47 Å². The Kier molecular flexibility index (Phi) is 7.56. The number of rotatable bonds is 8. The highest BCUT2D eigenvalue weighted by molar-refractivity contribution is 5.95. The van der Waals surface area contributed by atoms with Gasteiger partial charge in [0.1, 0.15) is 5.75 Å². The molecule has 1 atom stereocenters. The molecule has 0 aliphatic carbocycles. The van der Waals surface area contributed by atoms with Crippen molar-refractivity contribution in [1.29, 1.82) is 0 Å². The molecule has 0 fully saturated rings. The Morgan fingerprint density at radius 2 is 1.57 bits per heavy atom. The van der Waals surface area contributed by atoms with Gasteiger partial charge >= 0.3 is 5.97 Å². The minimum Gasteiger partial charge on any atom is -0.496 e. The van der Waals surface area contributed by atoms with Crippen LogP contribution in [-0.4, -0.2) is 31.0 Å². The highest BCUT2D eigenvalue weighted by atomic mass is 16.5. The molecule has 2 amide bonds. The molecular weight excluding hydrogens is 360 g/mol. The second-order valence-electron chi connectivity index (χ2n) is 6.19. The number of benzene rings is 2. The Balaban J connectivity index is 1.82. The maximum absolute atomic E-state index is 12.2. The summed E-state index contributed by atoms with van der Waals surface area (Å²) in [6.07, 6.45) is -0.328. The zero-order valence-corrected chi connectivity index (χ0v) is 16.2. The number of hydrogen-bond donors (Lipinski definition) is 2. The summed E-state index contributed by atoms with van der Waals surface area (Å²) >= 11 is 0. The first-order valence-corrected chi connectivity index (χ1v) is 8.89. The summed E-state index contributed by atoms with van der Waals surface area (Å²) in [7, 11) is 1.58. The van der Waals surface area contributed by atoms with Gasteiger partial charge in [-0.3, -0.25) is 14.4 Å². The van der Waals surface area contributed by atoms with Crippen molar-refractivity contribution in [3.8, 4) is 5.75 Å². The molecule has 2 N–H and O–H groups in total. The molecule has 0 aliphatic rings. The van der Waals surface area contributed by atoms with Gasteiger partial charge in [-0.05, 0) is 49.2 Å². The number of esters is 1. The second kappa shape index (κ2) is 10.1. The average molecular weight is 384 g/mol. The van der Waals surface area contributed by atoms with Crippen LogP contribution in [0.2, 0.25) is 0 Å². The van der Waals surface area contributed by atoms with Crippen LogP contribution in [0.3, 0.4) is 0 Å². The van der Waals surface area contributed by atoms with Gasteiger partial charge in [-0.25, -0.2) is 0 Å². The molecule has 0 aromatic heterocycles. The Morgan fingerprint density at radius 1 is 0.964 bits per heavy atom. The molecule has 7 heteroatoms. The molecule has 28 heavy (non-hydrogen) atoms. The van der Waals surface area contributed by atoms with Crippen molar-refractivity contribution in [1.82, 2.24) is 0 Å². The van der Waals surface area contributed by atoms with E-state index in [-0.39, 0.29) is 12.3 Å². The van der Waals surface area contributed by atoms with Crippen LogP contribution in [0.5, 0.6) is 5.75 Å². The fraction of sp³-hybridized carbons (Fsp3) is 0.286. The van der Waals surface area contributed by atoms with E-state index in [0.29, 0.717) is 23.5 Å². The Morgan fingerprint density at radius 3 is 2.18 bits per heavy atom. The normalized spacial score (nSPS) is 11.2. The van der Waals surface area contributed by atoms with Crippen molar-refractivity contribution in [2.24, 2.45) is 0 Å². The zero-order chi connectivity index (χ0) is 20.5. The van der Waals surface area contributed by atoms with Crippen LogP contribution >= 0.6 is 0 Å². The lowest BCUT2D eigenvalue weighted by molar-refractivity contribution is -0.153. The van der Waals surface area contributed by atoms with Crippen LogP contribution in [0.25, 0.3) is 0 Å². The van der Waals surface area contributed by atoms with Gasteiger partial charge in [-0.2, -0.15) is 0 Å². The average Bonchev–Trinajstić information content (AvgIpc) is 2.67. The topological polar surface area (TPSA) is 93.7 Å². The smallest absolute Gasteiger partial charge is 0.306 e. The predicted molar refractivity (Wildman–Crippen MR) is 106 cm³/mol. The minimum atomic E-state index is -0.930. The third kappa shape index (κ3) is 6.42. The van der Waals surface area contributed by atoms with Gasteiger partial charge in [0.25, 0.3) is 5.91 Å². The number of amides is 2. The SMILES string of the molecule is COc1ccccc1CCC(=O)O[C@H](C)C(=O)Nc1ccc(NC(C)=O)cc1. The number of carbonyl (C=O) groups excluding carboxylic acids is 3. The fourth-order valence-corrected chi connectivity index (χ4v) is 2.54.